The molecule has 4 heterocycles. The fourth-order valence-electron chi connectivity index (χ4n) is 4.53. The summed E-state index contributed by atoms with van der Waals surface area (Å²) >= 11 is 0. The van der Waals surface area contributed by atoms with E-state index < -0.39 is 0 Å². The fraction of sp³-hybridized carbons (Fsp3) is 0.440. The molecule has 184 valence electrons. The Kier molecular flexibility index (Phi) is 6.29. The van der Waals surface area contributed by atoms with Gasteiger partial charge in [0.2, 0.25) is 17.7 Å². The maximum absolute atomic E-state index is 12.5. The predicted molar refractivity (Wildman–Crippen MR) is 131 cm³/mol. The number of fused-ring (bicyclic) bond motifs is 1. The lowest BCUT2D eigenvalue weighted by atomic mass is 9.77. The van der Waals surface area contributed by atoms with Gasteiger partial charge in [-0.1, -0.05) is 6.07 Å². The predicted octanol–water partition coefficient (Wildman–Crippen LogP) is 3.23. The Hall–Kier alpha value is -3.66. The van der Waals surface area contributed by atoms with E-state index >= 15 is 0 Å². The van der Waals surface area contributed by atoms with Crippen molar-refractivity contribution in [2.24, 2.45) is 5.41 Å². The second-order valence-corrected chi connectivity index (χ2v) is 9.35. The Morgan fingerprint density at radius 2 is 1.94 bits per heavy atom. The van der Waals surface area contributed by atoms with Crippen LogP contribution in [0.15, 0.2) is 36.5 Å². The maximum atomic E-state index is 12.5. The van der Waals surface area contributed by atoms with E-state index in [0.717, 1.165) is 50.4 Å². The van der Waals surface area contributed by atoms with Gasteiger partial charge in [-0.25, -0.2) is 9.50 Å². The van der Waals surface area contributed by atoms with Gasteiger partial charge >= 0.3 is 0 Å². The molecule has 2 amide bonds. The molecule has 0 saturated carbocycles. The van der Waals surface area contributed by atoms with Crippen LogP contribution < -0.4 is 15.4 Å². The fourth-order valence-corrected chi connectivity index (χ4v) is 4.53. The highest BCUT2D eigenvalue weighted by Gasteiger charge is 2.41. The number of carbonyl (C=O) groups excluding carboxylic acids is 2. The monoisotopic (exact) mass is 478 g/mol. The number of aryl methyl sites for hydroxylation is 1. The van der Waals surface area contributed by atoms with Crippen LogP contribution >= 0.6 is 0 Å². The molecule has 5 rings (SSSR count). The number of benzene rings is 1. The lowest BCUT2D eigenvalue weighted by molar-refractivity contribution is -0.153. The van der Waals surface area contributed by atoms with Crippen molar-refractivity contribution in [3.63, 3.8) is 0 Å². The maximum Gasteiger partial charge on any atom is 0.237 e. The van der Waals surface area contributed by atoms with Gasteiger partial charge in [0.15, 0.2) is 11.5 Å². The summed E-state index contributed by atoms with van der Waals surface area (Å²) < 4.78 is 12.8. The first-order chi connectivity index (χ1) is 16.9. The Balaban J connectivity index is 1.14. The number of likely N-dealkylation sites (tertiary alicyclic amines) is 1. The summed E-state index contributed by atoms with van der Waals surface area (Å²) in [6.45, 7) is 5.12. The van der Waals surface area contributed by atoms with Crippen LogP contribution in [0.2, 0.25) is 0 Å². The number of aromatic nitrogens is 3. The van der Waals surface area contributed by atoms with Crippen LogP contribution in [-0.4, -0.2) is 64.7 Å². The standard InChI is InChI=1S/C25H30N6O4/c1-17-3-4-18(13-19(17)26-2)35-23-7-5-21-27-20(14-31(21)29-23)28-22(32)6-8-24(33)30-11-9-25(10-12-30)15-34-16-25/h3-5,7,13-14,26H,6,8-12,15-16H2,1-2H3,(H,28,32). The van der Waals surface area contributed by atoms with Gasteiger partial charge in [-0.05, 0) is 37.5 Å². The Labute approximate surface area is 203 Å². The molecule has 2 saturated heterocycles. The van der Waals surface area contributed by atoms with Crippen LogP contribution in [0.25, 0.3) is 5.65 Å². The van der Waals surface area contributed by atoms with E-state index in [1.807, 2.05) is 37.1 Å². The zero-order valence-corrected chi connectivity index (χ0v) is 20.0. The molecule has 35 heavy (non-hydrogen) atoms. The summed E-state index contributed by atoms with van der Waals surface area (Å²) in [5, 5.41) is 10.3. The average Bonchev–Trinajstić information content (AvgIpc) is 3.24. The van der Waals surface area contributed by atoms with E-state index in [2.05, 4.69) is 20.7 Å². The van der Waals surface area contributed by atoms with Crippen molar-refractivity contribution in [1.29, 1.82) is 0 Å². The van der Waals surface area contributed by atoms with Gasteiger partial charge in [0.1, 0.15) is 5.75 Å². The van der Waals surface area contributed by atoms with E-state index in [0.29, 0.717) is 23.1 Å². The topological polar surface area (TPSA) is 110 Å². The molecule has 0 aliphatic carbocycles. The third-order valence-corrected chi connectivity index (χ3v) is 6.82. The number of nitrogens with zero attached hydrogens (tertiary/aromatic N) is 4. The first kappa shape index (κ1) is 23.1. The zero-order chi connectivity index (χ0) is 24.4. The van der Waals surface area contributed by atoms with E-state index in [-0.39, 0.29) is 30.1 Å². The summed E-state index contributed by atoms with van der Waals surface area (Å²) in [4.78, 5) is 31.2. The lowest BCUT2D eigenvalue weighted by Gasteiger charge is -2.47. The van der Waals surface area contributed by atoms with Gasteiger partial charge in [-0.3, -0.25) is 9.59 Å². The van der Waals surface area contributed by atoms with Crippen molar-refractivity contribution in [1.82, 2.24) is 19.5 Å². The summed E-state index contributed by atoms with van der Waals surface area (Å²) in [7, 11) is 1.86. The third kappa shape index (κ3) is 5.07. The number of rotatable bonds is 7. The van der Waals surface area contributed by atoms with Crippen LogP contribution in [0.5, 0.6) is 11.6 Å². The quantitative estimate of drug-likeness (QED) is 0.536. The molecule has 0 atom stereocenters. The summed E-state index contributed by atoms with van der Waals surface area (Å²) in [6.07, 6.45) is 3.88. The summed E-state index contributed by atoms with van der Waals surface area (Å²) in [5.74, 6) is 1.21. The number of hydrogen-bond donors (Lipinski definition) is 2. The second-order valence-electron chi connectivity index (χ2n) is 9.35. The minimum absolute atomic E-state index is 0.0197. The molecular formula is C25H30N6O4. The van der Waals surface area contributed by atoms with Crippen molar-refractivity contribution < 1.29 is 19.1 Å². The van der Waals surface area contributed by atoms with Crippen molar-refractivity contribution in [2.75, 3.05) is 44.0 Å². The molecule has 2 fully saturated rings. The van der Waals surface area contributed by atoms with E-state index in [1.54, 1.807) is 22.8 Å². The molecule has 10 heteroatoms. The van der Waals surface area contributed by atoms with Crippen LogP contribution in [0.3, 0.4) is 0 Å². The normalized spacial score (nSPS) is 16.7. The highest BCUT2D eigenvalue weighted by molar-refractivity contribution is 5.92. The van der Waals surface area contributed by atoms with E-state index in [9.17, 15) is 9.59 Å². The molecular weight excluding hydrogens is 448 g/mol. The van der Waals surface area contributed by atoms with Crippen molar-refractivity contribution in [3.05, 3.63) is 42.1 Å². The first-order valence-electron chi connectivity index (χ1n) is 11.9. The molecule has 3 aromatic rings. The third-order valence-electron chi connectivity index (χ3n) is 6.82. The number of imidazole rings is 1. The Morgan fingerprint density at radius 1 is 1.14 bits per heavy atom. The number of hydrogen-bond acceptors (Lipinski definition) is 7. The number of anilines is 2. The molecule has 0 bridgehead atoms. The molecule has 10 nitrogen and oxygen atoms in total. The number of nitrogens with one attached hydrogen (secondary N) is 2. The number of carbonyl (C=O) groups is 2. The second kappa shape index (κ2) is 9.53. The van der Waals surface area contributed by atoms with Gasteiger partial charge in [0.25, 0.3) is 0 Å². The van der Waals surface area contributed by atoms with Gasteiger partial charge < -0.3 is 25.0 Å². The van der Waals surface area contributed by atoms with Crippen LogP contribution in [0.1, 0.15) is 31.2 Å². The highest BCUT2D eigenvalue weighted by atomic mass is 16.5. The van der Waals surface area contributed by atoms with Crippen molar-refractivity contribution in [3.8, 4) is 11.6 Å². The molecule has 2 aromatic heterocycles. The molecule has 2 N–H and O–H groups in total. The van der Waals surface area contributed by atoms with Crippen LogP contribution in [0.4, 0.5) is 11.5 Å². The molecule has 2 aliphatic rings. The Bertz CT molecular complexity index is 1240. The average molecular weight is 479 g/mol. The largest absolute Gasteiger partial charge is 0.438 e. The molecule has 0 radical (unpaired) electrons. The number of amides is 2. The zero-order valence-electron chi connectivity index (χ0n) is 20.0. The minimum Gasteiger partial charge on any atom is -0.438 e. The smallest absolute Gasteiger partial charge is 0.237 e. The van der Waals surface area contributed by atoms with Gasteiger partial charge in [0, 0.05) is 56.2 Å². The van der Waals surface area contributed by atoms with Crippen molar-refractivity contribution >= 4 is 29.0 Å². The van der Waals surface area contributed by atoms with E-state index in [1.165, 1.54) is 0 Å². The summed E-state index contributed by atoms with van der Waals surface area (Å²) in [6, 6.07) is 9.26. The van der Waals surface area contributed by atoms with Crippen LogP contribution in [0, 0.1) is 12.3 Å². The van der Waals surface area contributed by atoms with E-state index in [4.69, 9.17) is 9.47 Å². The minimum atomic E-state index is -0.252. The van der Waals surface area contributed by atoms with Crippen LogP contribution in [-0.2, 0) is 14.3 Å². The molecule has 0 unspecified atom stereocenters. The summed E-state index contributed by atoms with van der Waals surface area (Å²) in [5.41, 5.74) is 2.96. The molecule has 1 aromatic carbocycles. The SMILES string of the molecule is CNc1cc(Oc2ccc3nc(NC(=O)CCC(=O)N4CCC5(CC4)COC5)cn3n2)ccc1C. The van der Waals surface area contributed by atoms with Gasteiger partial charge in [-0.15, -0.1) is 5.10 Å². The van der Waals surface area contributed by atoms with Gasteiger partial charge in [-0.2, -0.15) is 0 Å². The Morgan fingerprint density at radius 3 is 2.66 bits per heavy atom. The molecule has 1 spiro atoms. The number of ether oxygens (including phenoxy) is 2. The molecule has 2 aliphatic heterocycles. The van der Waals surface area contributed by atoms with Gasteiger partial charge in [0.05, 0.1) is 19.4 Å². The lowest BCUT2D eigenvalue weighted by Crippen LogP contribution is -2.52. The first-order valence-corrected chi connectivity index (χ1v) is 11.9. The van der Waals surface area contributed by atoms with Crippen molar-refractivity contribution in [2.45, 2.75) is 32.6 Å². The highest BCUT2D eigenvalue weighted by Crippen LogP contribution is 2.38. The number of piperidine rings is 1.